The average molecular weight is 370 g/mol. The Morgan fingerprint density at radius 3 is 2.07 bits per heavy atom. The number of ether oxygens (including phenoxy) is 2. The molecule has 0 unspecified atom stereocenters. The Morgan fingerprint density at radius 1 is 0.889 bits per heavy atom. The van der Waals surface area contributed by atoms with E-state index in [1.807, 2.05) is 39.8 Å². The standard InChI is InChI=1S/C21H26N2O4/c1-5-22-19(24)12-26-18-8-6-17(7-9-18)23-20(25)13-27-21-15(3)10-14(2)11-16(21)4/h6-11H,5,12-13H2,1-4H3,(H,22,24)(H,23,25). The zero-order valence-electron chi connectivity index (χ0n) is 16.2. The zero-order valence-corrected chi connectivity index (χ0v) is 16.2. The summed E-state index contributed by atoms with van der Waals surface area (Å²) in [5, 5.41) is 5.43. The van der Waals surface area contributed by atoms with E-state index >= 15 is 0 Å². The predicted octanol–water partition coefficient (Wildman–Crippen LogP) is 3.14. The summed E-state index contributed by atoms with van der Waals surface area (Å²) in [6, 6.07) is 10.9. The summed E-state index contributed by atoms with van der Waals surface area (Å²) in [5.74, 6) is 0.880. The lowest BCUT2D eigenvalue weighted by Gasteiger charge is -2.13. The minimum Gasteiger partial charge on any atom is -0.484 e. The van der Waals surface area contributed by atoms with E-state index in [0.29, 0.717) is 18.0 Å². The quantitative estimate of drug-likeness (QED) is 0.748. The molecule has 6 heteroatoms. The van der Waals surface area contributed by atoms with E-state index in [-0.39, 0.29) is 25.0 Å². The Hall–Kier alpha value is -3.02. The number of anilines is 1. The van der Waals surface area contributed by atoms with Crippen LogP contribution >= 0.6 is 0 Å². The number of benzene rings is 2. The van der Waals surface area contributed by atoms with Gasteiger partial charge in [0.15, 0.2) is 13.2 Å². The number of hydrogen-bond acceptors (Lipinski definition) is 4. The first-order valence-corrected chi connectivity index (χ1v) is 8.89. The molecule has 0 aliphatic rings. The lowest BCUT2D eigenvalue weighted by atomic mass is 10.1. The summed E-state index contributed by atoms with van der Waals surface area (Å²) < 4.78 is 11.1. The third-order valence-corrected chi connectivity index (χ3v) is 3.83. The SMILES string of the molecule is CCNC(=O)COc1ccc(NC(=O)COc2c(C)cc(C)cc2C)cc1. The fourth-order valence-corrected chi connectivity index (χ4v) is 2.76. The highest BCUT2D eigenvalue weighted by atomic mass is 16.5. The van der Waals surface area contributed by atoms with Gasteiger partial charge >= 0.3 is 0 Å². The molecule has 0 atom stereocenters. The fraction of sp³-hybridized carbons (Fsp3) is 0.333. The summed E-state index contributed by atoms with van der Waals surface area (Å²) in [6.45, 7) is 8.26. The second kappa shape index (κ2) is 9.62. The maximum absolute atomic E-state index is 12.1. The Balaban J connectivity index is 1.85. The van der Waals surface area contributed by atoms with Crippen molar-refractivity contribution in [2.45, 2.75) is 27.7 Å². The molecule has 0 bridgehead atoms. The second-order valence-corrected chi connectivity index (χ2v) is 6.33. The van der Waals surface area contributed by atoms with Crippen molar-refractivity contribution in [2.24, 2.45) is 0 Å². The van der Waals surface area contributed by atoms with E-state index in [4.69, 9.17) is 9.47 Å². The molecule has 27 heavy (non-hydrogen) atoms. The van der Waals surface area contributed by atoms with Gasteiger partial charge in [0.25, 0.3) is 11.8 Å². The van der Waals surface area contributed by atoms with Crippen LogP contribution in [0.3, 0.4) is 0 Å². The molecule has 0 spiro atoms. The van der Waals surface area contributed by atoms with Gasteiger partial charge in [-0.05, 0) is 63.1 Å². The van der Waals surface area contributed by atoms with E-state index in [1.54, 1.807) is 24.3 Å². The van der Waals surface area contributed by atoms with Crippen molar-refractivity contribution >= 4 is 17.5 Å². The Morgan fingerprint density at radius 2 is 1.48 bits per heavy atom. The van der Waals surface area contributed by atoms with E-state index in [1.165, 1.54) is 0 Å². The minimum absolute atomic E-state index is 0.0390. The van der Waals surface area contributed by atoms with Gasteiger partial charge in [-0.2, -0.15) is 0 Å². The molecular formula is C21H26N2O4. The van der Waals surface area contributed by atoms with Crippen LogP contribution < -0.4 is 20.1 Å². The van der Waals surface area contributed by atoms with Crippen LogP contribution in [0.5, 0.6) is 11.5 Å². The molecule has 2 amide bonds. The van der Waals surface area contributed by atoms with E-state index in [0.717, 1.165) is 22.4 Å². The van der Waals surface area contributed by atoms with Crippen molar-refractivity contribution in [1.29, 1.82) is 0 Å². The van der Waals surface area contributed by atoms with Gasteiger partial charge < -0.3 is 20.1 Å². The van der Waals surface area contributed by atoms with Crippen LogP contribution in [-0.4, -0.2) is 31.6 Å². The molecule has 6 nitrogen and oxygen atoms in total. The molecule has 144 valence electrons. The van der Waals surface area contributed by atoms with E-state index < -0.39 is 0 Å². The minimum atomic E-state index is -0.245. The van der Waals surface area contributed by atoms with Gasteiger partial charge in [-0.1, -0.05) is 17.7 Å². The van der Waals surface area contributed by atoms with Crippen LogP contribution in [0, 0.1) is 20.8 Å². The Labute approximate surface area is 159 Å². The van der Waals surface area contributed by atoms with Gasteiger partial charge in [-0.25, -0.2) is 0 Å². The van der Waals surface area contributed by atoms with Crippen LogP contribution in [0.2, 0.25) is 0 Å². The Kier molecular flexibility index (Phi) is 7.23. The lowest BCUT2D eigenvalue weighted by Crippen LogP contribution is -2.28. The van der Waals surface area contributed by atoms with E-state index in [2.05, 4.69) is 10.6 Å². The summed E-state index contributed by atoms with van der Waals surface area (Å²) in [7, 11) is 0. The first-order chi connectivity index (χ1) is 12.9. The topological polar surface area (TPSA) is 76.7 Å². The molecule has 0 heterocycles. The van der Waals surface area contributed by atoms with Crippen LogP contribution in [0.15, 0.2) is 36.4 Å². The highest BCUT2D eigenvalue weighted by molar-refractivity contribution is 5.92. The molecule has 0 saturated heterocycles. The van der Waals surface area contributed by atoms with Crippen LogP contribution in [-0.2, 0) is 9.59 Å². The van der Waals surface area contributed by atoms with E-state index in [9.17, 15) is 9.59 Å². The van der Waals surface area contributed by atoms with Crippen molar-refractivity contribution in [1.82, 2.24) is 5.32 Å². The number of hydrogen-bond donors (Lipinski definition) is 2. The zero-order chi connectivity index (χ0) is 19.8. The second-order valence-electron chi connectivity index (χ2n) is 6.33. The van der Waals surface area contributed by atoms with Gasteiger partial charge in [0.2, 0.25) is 0 Å². The maximum Gasteiger partial charge on any atom is 0.262 e. The molecule has 2 aromatic rings. The summed E-state index contributed by atoms with van der Waals surface area (Å²) in [4.78, 5) is 23.5. The number of rotatable bonds is 8. The third kappa shape index (κ3) is 6.33. The smallest absolute Gasteiger partial charge is 0.262 e. The maximum atomic E-state index is 12.1. The van der Waals surface area contributed by atoms with Gasteiger partial charge in [0.05, 0.1) is 0 Å². The lowest BCUT2D eigenvalue weighted by molar-refractivity contribution is -0.123. The number of aryl methyl sites for hydroxylation is 3. The Bertz CT molecular complexity index is 777. The summed E-state index contributed by atoms with van der Waals surface area (Å²) in [6.07, 6.45) is 0. The molecule has 2 rings (SSSR count). The number of nitrogens with one attached hydrogen (secondary N) is 2. The van der Waals surface area contributed by atoms with Crippen molar-refractivity contribution < 1.29 is 19.1 Å². The highest BCUT2D eigenvalue weighted by Crippen LogP contribution is 2.24. The van der Waals surface area contributed by atoms with Crippen LogP contribution in [0.4, 0.5) is 5.69 Å². The van der Waals surface area contributed by atoms with Gasteiger partial charge in [-0.15, -0.1) is 0 Å². The van der Waals surface area contributed by atoms with Gasteiger partial charge in [-0.3, -0.25) is 9.59 Å². The molecule has 2 N–H and O–H groups in total. The van der Waals surface area contributed by atoms with Crippen molar-refractivity contribution in [2.75, 3.05) is 25.1 Å². The molecule has 0 aliphatic heterocycles. The normalized spacial score (nSPS) is 10.2. The molecule has 0 aliphatic carbocycles. The molecule has 0 radical (unpaired) electrons. The number of carbonyl (C=O) groups excluding carboxylic acids is 2. The molecule has 0 aromatic heterocycles. The molecule has 0 fully saturated rings. The predicted molar refractivity (Wildman–Crippen MR) is 105 cm³/mol. The van der Waals surface area contributed by atoms with Gasteiger partial charge in [0, 0.05) is 12.2 Å². The fourth-order valence-electron chi connectivity index (χ4n) is 2.76. The first-order valence-electron chi connectivity index (χ1n) is 8.89. The molecule has 0 saturated carbocycles. The van der Waals surface area contributed by atoms with Crippen LogP contribution in [0.25, 0.3) is 0 Å². The molecule has 2 aromatic carbocycles. The number of likely N-dealkylation sites (N-methyl/N-ethyl adjacent to an activating group) is 1. The third-order valence-electron chi connectivity index (χ3n) is 3.83. The first kappa shape index (κ1) is 20.3. The monoisotopic (exact) mass is 370 g/mol. The van der Waals surface area contributed by atoms with Crippen molar-refractivity contribution in [3.63, 3.8) is 0 Å². The average Bonchev–Trinajstić information content (AvgIpc) is 2.60. The summed E-state index contributed by atoms with van der Waals surface area (Å²) >= 11 is 0. The summed E-state index contributed by atoms with van der Waals surface area (Å²) in [5.41, 5.74) is 3.81. The highest BCUT2D eigenvalue weighted by Gasteiger charge is 2.09. The molecular weight excluding hydrogens is 344 g/mol. The van der Waals surface area contributed by atoms with Crippen LogP contribution in [0.1, 0.15) is 23.6 Å². The number of carbonyl (C=O) groups is 2. The van der Waals surface area contributed by atoms with Gasteiger partial charge in [0.1, 0.15) is 11.5 Å². The van der Waals surface area contributed by atoms with Crippen molar-refractivity contribution in [3.8, 4) is 11.5 Å². The van der Waals surface area contributed by atoms with Crippen molar-refractivity contribution in [3.05, 3.63) is 53.1 Å². The number of amides is 2. The largest absolute Gasteiger partial charge is 0.484 e.